The van der Waals surface area contributed by atoms with Crippen molar-refractivity contribution in [1.82, 2.24) is 5.32 Å². The number of hydrogen-bond donors (Lipinski definition) is 3. The zero-order valence-corrected chi connectivity index (χ0v) is 3.64. The lowest BCUT2D eigenvalue weighted by atomic mass is 10.7. The number of amides is 2. The van der Waals surface area contributed by atoms with Gasteiger partial charge in [-0.05, 0) is 0 Å². The molecule has 4 N–H and O–H groups in total. The topological polar surface area (TPSA) is 75.3 Å². The van der Waals surface area contributed by atoms with Crippen LogP contribution in [0.5, 0.6) is 0 Å². The van der Waals surface area contributed by atoms with Crippen LogP contribution in [0.4, 0.5) is 4.79 Å². The maximum absolute atomic E-state index is 9.88. The Kier molecular flexibility index (Phi) is 1.59. The van der Waals surface area contributed by atoms with E-state index in [-0.39, 0.29) is 0 Å². The molecule has 0 aromatic heterocycles. The number of carbonyl (C=O) groups is 1. The average Bonchev–Trinajstić information content (AvgIpc) is 1.59. The van der Waals surface area contributed by atoms with E-state index in [0.29, 0.717) is 0 Å². The molecule has 0 rings (SSSR count). The molecule has 0 saturated heterocycles. The van der Waals surface area contributed by atoms with Gasteiger partial charge >= 0.3 is 6.03 Å². The third-order valence-electron chi connectivity index (χ3n) is 0.342. The Morgan fingerprint density at radius 3 is 2.86 bits per heavy atom. The first kappa shape index (κ1) is 3.26. The van der Waals surface area contributed by atoms with Gasteiger partial charge in [-0.1, -0.05) is 0 Å². The quantitative estimate of drug-likeness (QED) is 0.407. The van der Waals surface area contributed by atoms with Crippen LogP contribution in [0.1, 0.15) is 2.74 Å². The third kappa shape index (κ3) is 5.23. The minimum atomic E-state index is -2.38. The Hall–Kier alpha value is -0.770. The summed E-state index contributed by atoms with van der Waals surface area (Å²) in [6.07, 6.45) is 0. The maximum Gasteiger partial charge on any atom is 0.312 e. The van der Waals surface area contributed by atoms with E-state index < -0.39 is 19.1 Å². The first-order chi connectivity index (χ1) is 3.92. The molecule has 0 saturated carbocycles. The lowest BCUT2D eigenvalue weighted by molar-refractivity contribution is 0.242. The first-order valence-electron chi connectivity index (χ1n) is 2.67. The Balaban J connectivity index is 3.39. The summed E-state index contributed by atoms with van der Waals surface area (Å²) in [4.78, 5) is 9.88. The van der Waals surface area contributed by atoms with Gasteiger partial charge in [0.2, 0.25) is 0 Å². The van der Waals surface area contributed by atoms with Crippen LogP contribution in [-0.2, 0) is 0 Å². The normalized spacial score (nSPS) is 14.4. The number of primary amides is 1. The summed E-state index contributed by atoms with van der Waals surface area (Å²) in [5, 5.41) is 10.2. The lowest BCUT2D eigenvalue weighted by Gasteiger charge is -1.92. The van der Waals surface area contributed by atoms with Crippen molar-refractivity contribution in [2.24, 2.45) is 5.73 Å². The summed E-state index contributed by atoms with van der Waals surface area (Å²) in [5.74, 6) is 0. The van der Waals surface area contributed by atoms with E-state index in [1.54, 1.807) is 0 Å². The molecule has 42 valence electrons. The van der Waals surface area contributed by atoms with Gasteiger partial charge in [-0.2, -0.15) is 0 Å². The SMILES string of the molecule is [2H]C([2H])(O)CNC(N)=O. The molecule has 0 aliphatic carbocycles. The summed E-state index contributed by atoms with van der Waals surface area (Å²) >= 11 is 0. The first-order valence-corrected chi connectivity index (χ1v) is 1.67. The zero-order chi connectivity index (χ0) is 7.49. The second-order valence-corrected chi connectivity index (χ2v) is 0.876. The van der Waals surface area contributed by atoms with Gasteiger partial charge in [-0.3, -0.25) is 0 Å². The molecular formula is C3H8N2O2. The number of urea groups is 1. The Labute approximate surface area is 44.1 Å². The van der Waals surface area contributed by atoms with E-state index >= 15 is 0 Å². The third-order valence-corrected chi connectivity index (χ3v) is 0.342. The minimum absolute atomic E-state index is 0.484. The molecule has 0 aromatic carbocycles. The van der Waals surface area contributed by atoms with Gasteiger partial charge in [-0.25, -0.2) is 4.79 Å². The fourth-order valence-corrected chi connectivity index (χ4v) is 0.127. The highest BCUT2D eigenvalue weighted by Gasteiger charge is 1.84. The van der Waals surface area contributed by atoms with Gasteiger partial charge in [-0.15, -0.1) is 0 Å². The van der Waals surface area contributed by atoms with Crippen LogP contribution >= 0.6 is 0 Å². The average molecular weight is 106 g/mol. The highest BCUT2D eigenvalue weighted by atomic mass is 16.3. The van der Waals surface area contributed by atoms with Crippen LogP contribution in [0.2, 0.25) is 0 Å². The predicted molar refractivity (Wildman–Crippen MR) is 24.7 cm³/mol. The number of carbonyl (C=O) groups excluding carboxylic acids is 1. The van der Waals surface area contributed by atoms with Crippen molar-refractivity contribution < 1.29 is 12.6 Å². The van der Waals surface area contributed by atoms with Crippen LogP contribution in [0, 0.1) is 0 Å². The monoisotopic (exact) mass is 106 g/mol. The number of rotatable bonds is 2. The molecule has 0 unspecified atom stereocenters. The van der Waals surface area contributed by atoms with Gasteiger partial charge in [0.25, 0.3) is 0 Å². The van der Waals surface area contributed by atoms with Crippen LogP contribution in [0.25, 0.3) is 0 Å². The van der Waals surface area contributed by atoms with Crippen molar-refractivity contribution in [2.75, 3.05) is 13.1 Å². The highest BCUT2D eigenvalue weighted by molar-refractivity contribution is 5.71. The van der Waals surface area contributed by atoms with Crippen LogP contribution in [-0.4, -0.2) is 24.2 Å². The number of nitrogens with one attached hydrogen (secondary N) is 1. The van der Waals surface area contributed by atoms with Gasteiger partial charge in [0.1, 0.15) is 0 Å². The highest BCUT2D eigenvalue weighted by Crippen LogP contribution is 1.52. The molecule has 0 heterocycles. The van der Waals surface area contributed by atoms with Crippen molar-refractivity contribution >= 4 is 6.03 Å². The second kappa shape index (κ2) is 3.42. The standard InChI is InChI=1S/C3H8N2O2/c4-3(7)5-1-2-6/h6H,1-2H2,(H3,4,5,7)/i2D2. The number of hydrogen-bond acceptors (Lipinski definition) is 2. The van der Waals surface area contributed by atoms with Crippen molar-refractivity contribution in [2.45, 2.75) is 0 Å². The van der Waals surface area contributed by atoms with E-state index in [9.17, 15) is 4.79 Å². The fraction of sp³-hybridized carbons (Fsp3) is 0.667. The summed E-state index contributed by atoms with van der Waals surface area (Å²) in [5.41, 5.74) is 4.57. The van der Waals surface area contributed by atoms with Crippen LogP contribution in [0.3, 0.4) is 0 Å². The molecule has 7 heavy (non-hydrogen) atoms. The van der Waals surface area contributed by atoms with Crippen molar-refractivity contribution in [3.63, 3.8) is 0 Å². The molecule has 2 amide bonds. The zero-order valence-electron chi connectivity index (χ0n) is 5.64. The molecular weight excluding hydrogens is 96.0 g/mol. The number of aliphatic hydroxyl groups is 1. The molecule has 0 aliphatic heterocycles. The van der Waals surface area contributed by atoms with Crippen molar-refractivity contribution in [3.05, 3.63) is 0 Å². The molecule has 0 atom stereocenters. The van der Waals surface area contributed by atoms with E-state index in [0.717, 1.165) is 0 Å². The van der Waals surface area contributed by atoms with Crippen molar-refractivity contribution in [3.8, 4) is 0 Å². The van der Waals surface area contributed by atoms with Gasteiger partial charge in [0, 0.05) is 6.54 Å². The van der Waals surface area contributed by atoms with Crippen molar-refractivity contribution in [1.29, 1.82) is 0 Å². The lowest BCUT2D eigenvalue weighted by Crippen LogP contribution is -2.31. The molecule has 4 heteroatoms. The Morgan fingerprint density at radius 2 is 2.71 bits per heavy atom. The van der Waals surface area contributed by atoms with Gasteiger partial charge in [0.05, 0.1) is 9.30 Å². The molecule has 0 radical (unpaired) electrons. The molecule has 0 aliphatic rings. The molecule has 0 spiro atoms. The molecule has 0 aromatic rings. The summed E-state index contributed by atoms with van der Waals surface area (Å²) in [6.45, 7) is -2.86. The maximum atomic E-state index is 9.88. The Bertz CT molecular complexity index is 111. The molecule has 4 nitrogen and oxygen atoms in total. The minimum Gasteiger partial charge on any atom is -0.395 e. The van der Waals surface area contributed by atoms with Crippen LogP contribution < -0.4 is 11.1 Å². The number of nitrogens with two attached hydrogens (primary N) is 1. The smallest absolute Gasteiger partial charge is 0.312 e. The molecule has 0 bridgehead atoms. The van der Waals surface area contributed by atoms with Gasteiger partial charge in [0.15, 0.2) is 0 Å². The summed E-state index contributed by atoms with van der Waals surface area (Å²) in [6, 6.07) is -0.854. The fourth-order valence-electron chi connectivity index (χ4n) is 0.127. The molecule has 0 fully saturated rings. The van der Waals surface area contributed by atoms with E-state index in [4.69, 9.17) is 7.85 Å². The summed E-state index contributed by atoms with van der Waals surface area (Å²) < 4.78 is 13.0. The van der Waals surface area contributed by atoms with E-state index in [2.05, 4.69) is 5.73 Å². The van der Waals surface area contributed by atoms with E-state index in [1.807, 2.05) is 5.32 Å². The Morgan fingerprint density at radius 1 is 2.14 bits per heavy atom. The largest absolute Gasteiger partial charge is 0.395 e. The van der Waals surface area contributed by atoms with E-state index in [1.165, 1.54) is 0 Å². The second-order valence-electron chi connectivity index (χ2n) is 0.876. The summed E-state index contributed by atoms with van der Waals surface area (Å²) in [7, 11) is 0. The predicted octanol–water partition coefficient (Wildman–Crippen LogP) is -1.35. The van der Waals surface area contributed by atoms with Crippen LogP contribution in [0.15, 0.2) is 0 Å². The van der Waals surface area contributed by atoms with Gasteiger partial charge < -0.3 is 16.2 Å².